The van der Waals surface area contributed by atoms with Gasteiger partial charge in [0.05, 0.1) is 12.8 Å². The minimum atomic E-state index is -3.76. The molecule has 33 heavy (non-hydrogen) atoms. The Morgan fingerprint density at radius 1 is 1.15 bits per heavy atom. The molecule has 0 saturated carbocycles. The van der Waals surface area contributed by atoms with Crippen LogP contribution < -0.4 is 15.0 Å². The molecular weight excluding hydrogens is 444 g/mol. The van der Waals surface area contributed by atoms with Gasteiger partial charge in [-0.15, -0.1) is 4.40 Å². The summed E-state index contributed by atoms with van der Waals surface area (Å²) in [6, 6.07) is 11.3. The smallest absolute Gasteiger partial charge is 0.285 e. The van der Waals surface area contributed by atoms with Gasteiger partial charge in [0, 0.05) is 36.8 Å². The zero-order valence-electron chi connectivity index (χ0n) is 18.2. The first-order valence-corrected chi connectivity index (χ1v) is 12.3. The number of hydrogen-bond acceptors (Lipinski definition) is 6. The number of carbonyl (C=O) groups excluding carboxylic acids is 2. The number of amides is 2. The average Bonchev–Trinajstić information content (AvgIpc) is 3.52. The summed E-state index contributed by atoms with van der Waals surface area (Å²) >= 11 is 0. The van der Waals surface area contributed by atoms with Gasteiger partial charge in [0.15, 0.2) is 5.84 Å². The molecule has 2 aromatic carbocycles. The first-order valence-electron chi connectivity index (χ1n) is 10.9. The number of anilines is 2. The van der Waals surface area contributed by atoms with E-state index < -0.39 is 16.1 Å². The topological polar surface area (TPSA) is 108 Å². The lowest BCUT2D eigenvalue weighted by Gasteiger charge is -2.26. The van der Waals surface area contributed by atoms with E-state index in [4.69, 9.17) is 4.74 Å². The summed E-state index contributed by atoms with van der Waals surface area (Å²) in [4.78, 5) is 28.9. The van der Waals surface area contributed by atoms with E-state index >= 15 is 0 Å². The number of likely N-dealkylation sites (tertiary alicyclic amines) is 1. The Morgan fingerprint density at radius 3 is 2.73 bits per heavy atom. The highest BCUT2D eigenvalue weighted by Gasteiger charge is 2.39. The third kappa shape index (κ3) is 3.74. The fourth-order valence-corrected chi connectivity index (χ4v) is 5.91. The van der Waals surface area contributed by atoms with Crippen molar-refractivity contribution in [1.82, 2.24) is 4.90 Å². The van der Waals surface area contributed by atoms with Crippen LogP contribution in [0.4, 0.5) is 11.4 Å². The van der Waals surface area contributed by atoms with Crippen LogP contribution in [0.5, 0.6) is 5.75 Å². The number of sulfonamides is 1. The molecule has 172 valence electrons. The Labute approximate surface area is 192 Å². The number of hydrogen-bond donors (Lipinski definition) is 1. The number of nitrogens with one attached hydrogen (secondary N) is 1. The standard InChI is InChI=1S/C23H24N4O5S/c1-32-19-14-15(10-11-17(19)26-12-5-9-21(26)28)24-23(29)18-7-4-13-27(18)22-16-6-2-3-8-20(16)33(30,31)25-22/h2-3,6,8,10-11,14,18H,4-5,7,9,12-13H2,1H3,(H,24,29)/t18-/m0/s1. The van der Waals surface area contributed by atoms with Gasteiger partial charge in [0.1, 0.15) is 16.7 Å². The molecule has 3 aliphatic rings. The van der Waals surface area contributed by atoms with E-state index in [1.54, 1.807) is 46.2 Å². The lowest BCUT2D eigenvalue weighted by Crippen LogP contribution is -2.43. The van der Waals surface area contributed by atoms with Crippen molar-refractivity contribution in [2.75, 3.05) is 30.4 Å². The Kier molecular flexibility index (Phi) is 5.32. The molecule has 0 unspecified atom stereocenters. The Balaban J connectivity index is 1.38. The molecule has 1 atom stereocenters. The fraction of sp³-hybridized carbons (Fsp3) is 0.348. The summed E-state index contributed by atoms with van der Waals surface area (Å²) < 4.78 is 34.4. The van der Waals surface area contributed by atoms with E-state index in [2.05, 4.69) is 9.71 Å². The molecule has 2 aromatic rings. The van der Waals surface area contributed by atoms with E-state index in [1.165, 1.54) is 13.2 Å². The van der Waals surface area contributed by atoms with Crippen LogP contribution in [0.3, 0.4) is 0 Å². The molecule has 0 spiro atoms. The molecule has 3 heterocycles. The van der Waals surface area contributed by atoms with Gasteiger partial charge in [-0.1, -0.05) is 12.1 Å². The molecule has 10 heteroatoms. The quantitative estimate of drug-likeness (QED) is 0.738. The molecule has 1 N–H and O–H groups in total. The number of ether oxygens (including phenoxy) is 1. The van der Waals surface area contributed by atoms with Crippen molar-refractivity contribution in [1.29, 1.82) is 0 Å². The normalized spacial score (nSPS) is 21.2. The van der Waals surface area contributed by atoms with Gasteiger partial charge in [-0.25, -0.2) is 0 Å². The van der Waals surface area contributed by atoms with Crippen LogP contribution in [-0.2, 0) is 19.6 Å². The lowest BCUT2D eigenvalue weighted by atomic mass is 10.1. The largest absolute Gasteiger partial charge is 0.494 e. The van der Waals surface area contributed by atoms with Crippen LogP contribution in [-0.4, -0.2) is 57.2 Å². The summed E-state index contributed by atoms with van der Waals surface area (Å²) in [5.74, 6) is 0.638. The number of carbonyl (C=O) groups is 2. The van der Waals surface area contributed by atoms with Crippen LogP contribution in [0.1, 0.15) is 31.2 Å². The SMILES string of the molecule is COc1cc(NC(=O)[C@@H]2CCCN2C2=NS(=O)(=O)c3ccccc32)ccc1N1CCCC1=O. The summed E-state index contributed by atoms with van der Waals surface area (Å²) in [7, 11) is -2.23. The molecule has 0 bridgehead atoms. The number of nitrogens with zero attached hydrogens (tertiary/aromatic N) is 3. The molecule has 9 nitrogen and oxygen atoms in total. The van der Waals surface area contributed by atoms with E-state index in [0.717, 1.165) is 12.8 Å². The third-order valence-corrected chi connectivity index (χ3v) is 7.58. The number of amidine groups is 1. The molecule has 0 aromatic heterocycles. The van der Waals surface area contributed by atoms with Gasteiger partial charge in [-0.3, -0.25) is 9.59 Å². The number of methoxy groups -OCH3 is 1. The van der Waals surface area contributed by atoms with Gasteiger partial charge in [0.25, 0.3) is 10.0 Å². The maximum absolute atomic E-state index is 13.2. The molecule has 0 aliphatic carbocycles. The van der Waals surface area contributed by atoms with Crippen molar-refractivity contribution in [2.24, 2.45) is 4.40 Å². The molecule has 0 radical (unpaired) electrons. The zero-order valence-corrected chi connectivity index (χ0v) is 19.0. The van der Waals surface area contributed by atoms with Gasteiger partial charge in [0.2, 0.25) is 11.8 Å². The third-order valence-electron chi connectivity index (χ3n) is 6.25. The second kappa shape index (κ2) is 8.18. The molecule has 3 aliphatic heterocycles. The zero-order chi connectivity index (χ0) is 23.2. The monoisotopic (exact) mass is 468 g/mol. The van der Waals surface area contributed by atoms with Crippen LogP contribution in [0.25, 0.3) is 0 Å². The lowest BCUT2D eigenvalue weighted by molar-refractivity contribution is -0.119. The Hall–Kier alpha value is -3.40. The van der Waals surface area contributed by atoms with Gasteiger partial charge < -0.3 is 19.9 Å². The van der Waals surface area contributed by atoms with Crippen LogP contribution in [0.2, 0.25) is 0 Å². The Morgan fingerprint density at radius 2 is 1.97 bits per heavy atom. The second-order valence-electron chi connectivity index (χ2n) is 8.26. The first-order chi connectivity index (χ1) is 15.9. The summed E-state index contributed by atoms with van der Waals surface area (Å²) in [5.41, 5.74) is 1.75. The second-order valence-corrected chi connectivity index (χ2v) is 9.83. The van der Waals surface area contributed by atoms with Gasteiger partial charge in [-0.05, 0) is 43.5 Å². The van der Waals surface area contributed by atoms with Crippen molar-refractivity contribution < 1.29 is 22.7 Å². The highest BCUT2D eigenvalue weighted by molar-refractivity contribution is 7.90. The molecule has 5 rings (SSSR count). The summed E-state index contributed by atoms with van der Waals surface area (Å²) in [6.07, 6.45) is 2.66. The Bertz CT molecular complexity index is 1270. The average molecular weight is 469 g/mol. The van der Waals surface area contributed by atoms with Crippen molar-refractivity contribution in [3.63, 3.8) is 0 Å². The minimum Gasteiger partial charge on any atom is -0.494 e. The number of benzene rings is 2. The van der Waals surface area contributed by atoms with E-state index in [0.29, 0.717) is 54.5 Å². The van der Waals surface area contributed by atoms with Crippen molar-refractivity contribution in [2.45, 2.75) is 36.6 Å². The van der Waals surface area contributed by atoms with E-state index in [1.807, 2.05) is 0 Å². The number of fused-ring (bicyclic) bond motifs is 1. The van der Waals surface area contributed by atoms with Crippen molar-refractivity contribution >= 4 is 39.0 Å². The molecule has 2 fully saturated rings. The van der Waals surface area contributed by atoms with Crippen LogP contribution in [0.15, 0.2) is 51.8 Å². The van der Waals surface area contributed by atoms with Gasteiger partial charge in [-0.2, -0.15) is 8.42 Å². The van der Waals surface area contributed by atoms with E-state index in [-0.39, 0.29) is 16.7 Å². The maximum Gasteiger partial charge on any atom is 0.285 e. The highest BCUT2D eigenvalue weighted by atomic mass is 32.2. The van der Waals surface area contributed by atoms with Gasteiger partial charge >= 0.3 is 0 Å². The molecule has 2 saturated heterocycles. The molecule has 2 amide bonds. The van der Waals surface area contributed by atoms with Crippen molar-refractivity contribution in [3.05, 3.63) is 48.0 Å². The van der Waals surface area contributed by atoms with Crippen LogP contribution >= 0.6 is 0 Å². The van der Waals surface area contributed by atoms with E-state index in [9.17, 15) is 18.0 Å². The predicted molar refractivity (Wildman–Crippen MR) is 123 cm³/mol. The van der Waals surface area contributed by atoms with Crippen LogP contribution in [0, 0.1) is 0 Å². The summed E-state index contributed by atoms with van der Waals surface area (Å²) in [6.45, 7) is 1.19. The predicted octanol–water partition coefficient (Wildman–Crippen LogP) is 2.37. The fourth-order valence-electron chi connectivity index (χ4n) is 4.70. The molecular formula is C23H24N4O5S. The maximum atomic E-state index is 13.2. The first kappa shape index (κ1) is 21.4. The number of rotatable bonds is 4. The highest BCUT2D eigenvalue weighted by Crippen LogP contribution is 2.35. The van der Waals surface area contributed by atoms with Crippen molar-refractivity contribution in [3.8, 4) is 5.75 Å². The minimum absolute atomic E-state index is 0.0549. The summed E-state index contributed by atoms with van der Waals surface area (Å²) in [5, 5.41) is 2.92.